The summed E-state index contributed by atoms with van der Waals surface area (Å²) in [6.45, 7) is 4.35. The van der Waals surface area contributed by atoms with Gasteiger partial charge in [-0.15, -0.1) is 0 Å². The summed E-state index contributed by atoms with van der Waals surface area (Å²) in [6, 6.07) is 3.24. The Morgan fingerprint density at radius 3 is 2.76 bits per heavy atom. The molecule has 1 aromatic carbocycles. The van der Waals surface area contributed by atoms with Gasteiger partial charge in [-0.05, 0) is 32.0 Å². The molecule has 0 aliphatic heterocycles. The molecule has 0 radical (unpaired) electrons. The molecular formula is C17H17F2N5O. The van der Waals surface area contributed by atoms with Crippen LogP contribution in [0.25, 0.3) is 0 Å². The molecule has 3 rings (SSSR count). The minimum atomic E-state index is -0.531. The van der Waals surface area contributed by atoms with Gasteiger partial charge in [-0.2, -0.15) is 10.2 Å². The first-order valence-electron chi connectivity index (χ1n) is 7.78. The Morgan fingerprint density at radius 2 is 2.04 bits per heavy atom. The van der Waals surface area contributed by atoms with Crippen LogP contribution in [0.1, 0.15) is 28.4 Å². The third-order valence-electron chi connectivity index (χ3n) is 3.80. The number of rotatable bonds is 5. The Hall–Kier alpha value is -3.03. The summed E-state index contributed by atoms with van der Waals surface area (Å²) in [4.78, 5) is 12.4. The molecule has 0 unspecified atom stereocenters. The predicted octanol–water partition coefficient (Wildman–Crippen LogP) is 2.99. The maximum Gasteiger partial charge on any atom is 0.260 e. The maximum absolute atomic E-state index is 13.9. The molecule has 0 bridgehead atoms. The highest BCUT2D eigenvalue weighted by Gasteiger charge is 2.15. The molecule has 0 aliphatic rings. The Kier molecular flexibility index (Phi) is 4.60. The second kappa shape index (κ2) is 6.84. The van der Waals surface area contributed by atoms with Crippen LogP contribution < -0.4 is 5.32 Å². The van der Waals surface area contributed by atoms with E-state index in [4.69, 9.17) is 0 Å². The number of aromatic nitrogens is 4. The zero-order chi connectivity index (χ0) is 18.0. The molecule has 8 heteroatoms. The van der Waals surface area contributed by atoms with Crippen molar-refractivity contribution < 1.29 is 13.6 Å². The SMILES string of the molecule is CCn1cc(C(=O)Nc2c(C)cnn2Cc2cc(F)ccc2F)cn1. The molecule has 0 fully saturated rings. The van der Waals surface area contributed by atoms with Gasteiger partial charge >= 0.3 is 0 Å². The maximum atomic E-state index is 13.9. The van der Waals surface area contributed by atoms with Gasteiger partial charge in [0.2, 0.25) is 0 Å². The van der Waals surface area contributed by atoms with Gasteiger partial charge in [0.05, 0.1) is 24.5 Å². The molecule has 0 spiro atoms. The van der Waals surface area contributed by atoms with Gasteiger partial charge in [0, 0.05) is 23.9 Å². The minimum Gasteiger partial charge on any atom is -0.306 e. The fourth-order valence-corrected chi connectivity index (χ4v) is 2.42. The Labute approximate surface area is 143 Å². The van der Waals surface area contributed by atoms with E-state index in [-0.39, 0.29) is 18.0 Å². The van der Waals surface area contributed by atoms with E-state index in [1.807, 2.05) is 6.92 Å². The first kappa shape index (κ1) is 16.8. The van der Waals surface area contributed by atoms with Crippen molar-refractivity contribution in [2.75, 3.05) is 5.32 Å². The van der Waals surface area contributed by atoms with Crippen molar-refractivity contribution in [3.8, 4) is 0 Å². The first-order chi connectivity index (χ1) is 12.0. The molecule has 2 aromatic heterocycles. The lowest BCUT2D eigenvalue weighted by Gasteiger charge is -2.10. The average molecular weight is 345 g/mol. The quantitative estimate of drug-likeness (QED) is 0.773. The fraction of sp³-hybridized carbons (Fsp3) is 0.235. The van der Waals surface area contributed by atoms with Crippen molar-refractivity contribution in [1.29, 1.82) is 0 Å². The summed E-state index contributed by atoms with van der Waals surface area (Å²) in [7, 11) is 0. The number of nitrogens with one attached hydrogen (secondary N) is 1. The minimum absolute atomic E-state index is 0.00126. The van der Waals surface area contributed by atoms with Gasteiger partial charge in [-0.25, -0.2) is 13.5 Å². The monoisotopic (exact) mass is 345 g/mol. The van der Waals surface area contributed by atoms with Crippen LogP contribution in [0, 0.1) is 18.6 Å². The molecular weight excluding hydrogens is 328 g/mol. The van der Waals surface area contributed by atoms with Crippen LogP contribution in [0.5, 0.6) is 0 Å². The zero-order valence-electron chi connectivity index (χ0n) is 13.8. The normalized spacial score (nSPS) is 10.9. The van der Waals surface area contributed by atoms with E-state index in [9.17, 15) is 13.6 Å². The number of hydrogen-bond acceptors (Lipinski definition) is 3. The smallest absolute Gasteiger partial charge is 0.260 e. The lowest BCUT2D eigenvalue weighted by Crippen LogP contribution is -2.17. The Morgan fingerprint density at radius 1 is 1.24 bits per heavy atom. The van der Waals surface area contributed by atoms with E-state index in [0.29, 0.717) is 23.5 Å². The number of nitrogens with zero attached hydrogens (tertiary/aromatic N) is 4. The molecule has 0 atom stereocenters. The van der Waals surface area contributed by atoms with Gasteiger partial charge in [0.25, 0.3) is 5.91 Å². The van der Waals surface area contributed by atoms with Crippen molar-refractivity contribution in [3.63, 3.8) is 0 Å². The summed E-state index contributed by atoms with van der Waals surface area (Å²) in [5, 5.41) is 11.0. The first-order valence-corrected chi connectivity index (χ1v) is 7.78. The van der Waals surface area contributed by atoms with Crippen LogP contribution in [-0.4, -0.2) is 25.5 Å². The number of anilines is 1. The Balaban J connectivity index is 1.84. The van der Waals surface area contributed by atoms with Gasteiger partial charge in [0.1, 0.15) is 17.5 Å². The lowest BCUT2D eigenvalue weighted by molar-refractivity contribution is 0.102. The van der Waals surface area contributed by atoms with E-state index >= 15 is 0 Å². The van der Waals surface area contributed by atoms with Crippen molar-refractivity contribution in [2.24, 2.45) is 0 Å². The van der Waals surface area contributed by atoms with Gasteiger partial charge in [-0.1, -0.05) is 0 Å². The number of benzene rings is 1. The van der Waals surface area contributed by atoms with E-state index in [0.717, 1.165) is 18.2 Å². The zero-order valence-corrected chi connectivity index (χ0v) is 13.8. The van der Waals surface area contributed by atoms with Gasteiger partial charge in [0.15, 0.2) is 0 Å². The molecule has 0 saturated heterocycles. The van der Waals surface area contributed by atoms with Crippen molar-refractivity contribution in [2.45, 2.75) is 26.9 Å². The highest BCUT2D eigenvalue weighted by atomic mass is 19.1. The molecule has 3 aromatic rings. The van der Waals surface area contributed by atoms with Crippen molar-refractivity contribution in [3.05, 3.63) is 65.1 Å². The second-order valence-electron chi connectivity index (χ2n) is 5.61. The van der Waals surface area contributed by atoms with Crippen LogP contribution >= 0.6 is 0 Å². The van der Waals surface area contributed by atoms with Crippen LogP contribution in [0.4, 0.5) is 14.6 Å². The van der Waals surface area contributed by atoms with Gasteiger partial charge in [-0.3, -0.25) is 9.48 Å². The number of amides is 1. The highest BCUT2D eigenvalue weighted by Crippen LogP contribution is 2.19. The van der Waals surface area contributed by atoms with Crippen LogP contribution in [0.15, 0.2) is 36.8 Å². The van der Waals surface area contributed by atoms with Gasteiger partial charge < -0.3 is 5.32 Å². The Bertz CT molecular complexity index is 916. The van der Waals surface area contributed by atoms with E-state index in [1.165, 1.54) is 10.9 Å². The molecule has 1 amide bonds. The van der Waals surface area contributed by atoms with Crippen LogP contribution in [0.3, 0.4) is 0 Å². The average Bonchev–Trinajstić information content (AvgIpc) is 3.20. The summed E-state index contributed by atoms with van der Waals surface area (Å²) >= 11 is 0. The molecule has 0 aliphatic carbocycles. The van der Waals surface area contributed by atoms with Crippen molar-refractivity contribution >= 4 is 11.7 Å². The molecule has 130 valence electrons. The third kappa shape index (κ3) is 3.57. The predicted molar refractivity (Wildman–Crippen MR) is 88.3 cm³/mol. The lowest BCUT2D eigenvalue weighted by atomic mass is 10.2. The number of hydrogen-bond donors (Lipinski definition) is 1. The van der Waals surface area contributed by atoms with E-state index in [2.05, 4.69) is 15.5 Å². The van der Waals surface area contributed by atoms with Crippen molar-refractivity contribution in [1.82, 2.24) is 19.6 Å². The second-order valence-corrected chi connectivity index (χ2v) is 5.61. The number of aryl methyl sites for hydroxylation is 2. The summed E-state index contributed by atoms with van der Waals surface area (Å²) in [6.07, 6.45) is 4.67. The largest absolute Gasteiger partial charge is 0.306 e. The van der Waals surface area contributed by atoms with Crippen LogP contribution in [0.2, 0.25) is 0 Å². The molecule has 0 saturated carbocycles. The number of carbonyl (C=O) groups excluding carboxylic acids is 1. The molecule has 2 heterocycles. The highest BCUT2D eigenvalue weighted by molar-refractivity contribution is 6.03. The summed E-state index contributed by atoms with van der Waals surface area (Å²) in [5.41, 5.74) is 1.27. The third-order valence-corrected chi connectivity index (χ3v) is 3.80. The summed E-state index contributed by atoms with van der Waals surface area (Å²) in [5.74, 6) is -0.976. The standard InChI is InChI=1S/C17H17F2N5O/c1-3-23-9-13(8-20-23)17(25)22-16-11(2)7-21-24(16)10-12-6-14(18)4-5-15(12)19/h4-9H,3,10H2,1-2H3,(H,22,25). The molecule has 1 N–H and O–H groups in total. The number of carbonyl (C=O) groups is 1. The van der Waals surface area contributed by atoms with Crippen LogP contribution in [-0.2, 0) is 13.1 Å². The van der Waals surface area contributed by atoms with E-state index in [1.54, 1.807) is 24.0 Å². The number of halogens is 2. The molecule has 6 nitrogen and oxygen atoms in total. The molecule has 25 heavy (non-hydrogen) atoms. The summed E-state index contributed by atoms with van der Waals surface area (Å²) < 4.78 is 30.3. The van der Waals surface area contributed by atoms with E-state index < -0.39 is 11.6 Å². The fourth-order valence-electron chi connectivity index (χ4n) is 2.42. The topological polar surface area (TPSA) is 64.7 Å².